The summed E-state index contributed by atoms with van der Waals surface area (Å²) in [5.41, 5.74) is 0.923. The van der Waals surface area contributed by atoms with Crippen molar-refractivity contribution in [3.05, 3.63) is 35.6 Å². The Morgan fingerprint density at radius 1 is 1.53 bits per heavy atom. The maximum Gasteiger partial charge on any atom is 0.191 e. The van der Waals surface area contributed by atoms with E-state index >= 15 is 0 Å². The van der Waals surface area contributed by atoms with Crippen LogP contribution in [0.1, 0.15) is 18.5 Å². The number of aliphatic imine (C=N–C) groups is 1. The number of halogens is 1. The average Bonchev–Trinajstić information content (AvgIpc) is 2.70. The SMILES string of the molecule is CC(NC1=NCCN1)c1cccc(F)c1. The van der Waals surface area contributed by atoms with Crippen LogP contribution in [0.15, 0.2) is 29.3 Å². The molecule has 0 radical (unpaired) electrons. The molecule has 0 saturated heterocycles. The zero-order valence-electron chi connectivity index (χ0n) is 8.63. The summed E-state index contributed by atoms with van der Waals surface area (Å²) in [7, 11) is 0. The third-order valence-electron chi connectivity index (χ3n) is 2.38. The first-order valence-corrected chi connectivity index (χ1v) is 5.06. The van der Waals surface area contributed by atoms with Crippen LogP contribution >= 0.6 is 0 Å². The fraction of sp³-hybridized carbons (Fsp3) is 0.364. The second-order valence-corrected chi connectivity index (χ2v) is 3.58. The summed E-state index contributed by atoms with van der Waals surface area (Å²) in [6.45, 7) is 3.66. The van der Waals surface area contributed by atoms with Crippen LogP contribution in [-0.2, 0) is 0 Å². The highest BCUT2D eigenvalue weighted by atomic mass is 19.1. The second-order valence-electron chi connectivity index (χ2n) is 3.58. The van der Waals surface area contributed by atoms with Crippen molar-refractivity contribution in [1.29, 1.82) is 0 Å². The van der Waals surface area contributed by atoms with Crippen molar-refractivity contribution in [2.45, 2.75) is 13.0 Å². The number of hydrogen-bond donors (Lipinski definition) is 2. The molecule has 1 aliphatic rings. The lowest BCUT2D eigenvalue weighted by Crippen LogP contribution is -2.35. The first kappa shape index (κ1) is 9.96. The lowest BCUT2D eigenvalue weighted by Gasteiger charge is -2.15. The van der Waals surface area contributed by atoms with Crippen molar-refractivity contribution in [3.63, 3.8) is 0 Å². The van der Waals surface area contributed by atoms with Gasteiger partial charge < -0.3 is 10.6 Å². The largest absolute Gasteiger partial charge is 0.355 e. The normalized spacial score (nSPS) is 16.8. The maximum atomic E-state index is 13.0. The summed E-state index contributed by atoms with van der Waals surface area (Å²) in [4.78, 5) is 4.22. The van der Waals surface area contributed by atoms with E-state index in [4.69, 9.17) is 0 Å². The van der Waals surface area contributed by atoms with E-state index in [0.717, 1.165) is 24.6 Å². The third kappa shape index (κ3) is 2.46. The summed E-state index contributed by atoms with van der Waals surface area (Å²) >= 11 is 0. The lowest BCUT2D eigenvalue weighted by molar-refractivity contribution is 0.617. The van der Waals surface area contributed by atoms with Gasteiger partial charge in [-0.15, -0.1) is 0 Å². The first-order chi connectivity index (χ1) is 7.25. The van der Waals surface area contributed by atoms with Gasteiger partial charge in [-0.2, -0.15) is 0 Å². The van der Waals surface area contributed by atoms with Crippen LogP contribution in [0.5, 0.6) is 0 Å². The van der Waals surface area contributed by atoms with Crippen LogP contribution in [0.2, 0.25) is 0 Å². The molecule has 0 fully saturated rings. The third-order valence-corrected chi connectivity index (χ3v) is 2.38. The Bertz CT molecular complexity index is 376. The van der Waals surface area contributed by atoms with E-state index in [0.29, 0.717) is 0 Å². The van der Waals surface area contributed by atoms with Gasteiger partial charge in [0.1, 0.15) is 5.82 Å². The maximum absolute atomic E-state index is 13.0. The second kappa shape index (κ2) is 4.29. The summed E-state index contributed by atoms with van der Waals surface area (Å²) in [5.74, 6) is 0.592. The van der Waals surface area contributed by atoms with Gasteiger partial charge in [-0.05, 0) is 24.6 Å². The Balaban J connectivity index is 2.04. The smallest absolute Gasteiger partial charge is 0.191 e. The Kier molecular flexibility index (Phi) is 2.85. The Hall–Kier alpha value is -1.58. The van der Waals surface area contributed by atoms with Crippen LogP contribution in [-0.4, -0.2) is 19.0 Å². The molecule has 80 valence electrons. The van der Waals surface area contributed by atoms with E-state index in [1.807, 2.05) is 13.0 Å². The Morgan fingerprint density at radius 3 is 3.07 bits per heavy atom. The van der Waals surface area contributed by atoms with Gasteiger partial charge in [-0.25, -0.2) is 4.39 Å². The Morgan fingerprint density at radius 2 is 2.40 bits per heavy atom. The molecule has 1 aliphatic heterocycles. The van der Waals surface area contributed by atoms with Crippen LogP contribution in [0.25, 0.3) is 0 Å². The van der Waals surface area contributed by atoms with Crippen LogP contribution in [0.3, 0.4) is 0 Å². The van der Waals surface area contributed by atoms with E-state index in [1.165, 1.54) is 12.1 Å². The summed E-state index contributed by atoms with van der Waals surface area (Å²) in [5, 5.41) is 6.31. The monoisotopic (exact) mass is 207 g/mol. The minimum absolute atomic E-state index is 0.0602. The van der Waals surface area contributed by atoms with Gasteiger partial charge in [-0.1, -0.05) is 12.1 Å². The molecule has 4 heteroatoms. The predicted octanol–water partition coefficient (Wildman–Crippen LogP) is 1.44. The molecule has 2 rings (SSSR count). The number of benzene rings is 1. The molecule has 1 atom stereocenters. The zero-order valence-corrected chi connectivity index (χ0v) is 8.63. The summed E-state index contributed by atoms with van der Waals surface area (Å²) in [6.07, 6.45) is 0. The van der Waals surface area contributed by atoms with Crippen LogP contribution in [0.4, 0.5) is 4.39 Å². The fourth-order valence-electron chi connectivity index (χ4n) is 1.56. The van der Waals surface area contributed by atoms with Gasteiger partial charge in [0.15, 0.2) is 5.96 Å². The number of rotatable bonds is 2. The van der Waals surface area contributed by atoms with E-state index in [-0.39, 0.29) is 11.9 Å². The first-order valence-electron chi connectivity index (χ1n) is 5.06. The number of nitrogens with one attached hydrogen (secondary N) is 2. The van der Waals surface area contributed by atoms with E-state index in [9.17, 15) is 4.39 Å². The fourth-order valence-corrected chi connectivity index (χ4v) is 1.56. The van der Waals surface area contributed by atoms with Crippen molar-refractivity contribution in [1.82, 2.24) is 10.6 Å². The molecule has 0 aliphatic carbocycles. The quantitative estimate of drug-likeness (QED) is 0.769. The summed E-state index contributed by atoms with van der Waals surface area (Å²) in [6, 6.07) is 6.66. The van der Waals surface area contributed by atoms with E-state index < -0.39 is 0 Å². The highest BCUT2D eigenvalue weighted by molar-refractivity contribution is 5.81. The molecule has 2 N–H and O–H groups in total. The molecule has 3 nitrogen and oxygen atoms in total. The van der Waals surface area contributed by atoms with Gasteiger partial charge >= 0.3 is 0 Å². The molecular weight excluding hydrogens is 193 g/mol. The highest BCUT2D eigenvalue weighted by Crippen LogP contribution is 2.13. The van der Waals surface area contributed by atoms with E-state index in [1.54, 1.807) is 6.07 Å². The zero-order chi connectivity index (χ0) is 10.7. The predicted molar refractivity (Wildman–Crippen MR) is 58.3 cm³/mol. The average molecular weight is 207 g/mol. The summed E-state index contributed by atoms with van der Waals surface area (Å²) < 4.78 is 13.0. The van der Waals surface area contributed by atoms with Crippen molar-refractivity contribution >= 4 is 5.96 Å². The number of nitrogens with zero attached hydrogens (tertiary/aromatic N) is 1. The molecule has 0 spiro atoms. The van der Waals surface area contributed by atoms with Crippen LogP contribution in [0, 0.1) is 5.82 Å². The molecule has 0 saturated carbocycles. The molecule has 1 aromatic carbocycles. The van der Waals surface area contributed by atoms with Gasteiger partial charge in [0, 0.05) is 6.54 Å². The molecule has 0 bridgehead atoms. The van der Waals surface area contributed by atoms with Gasteiger partial charge in [-0.3, -0.25) is 4.99 Å². The molecule has 15 heavy (non-hydrogen) atoms. The Labute approximate surface area is 88.4 Å². The number of guanidine groups is 1. The molecule has 0 aromatic heterocycles. The van der Waals surface area contributed by atoms with Gasteiger partial charge in [0.2, 0.25) is 0 Å². The standard InChI is InChI=1S/C11H14FN3/c1-8(15-11-13-5-6-14-11)9-3-2-4-10(12)7-9/h2-4,7-8H,5-6H2,1H3,(H2,13,14,15). The topological polar surface area (TPSA) is 36.4 Å². The van der Waals surface area contributed by atoms with E-state index in [2.05, 4.69) is 15.6 Å². The minimum Gasteiger partial charge on any atom is -0.355 e. The van der Waals surface area contributed by atoms with Crippen molar-refractivity contribution in [2.24, 2.45) is 4.99 Å². The number of hydrogen-bond acceptors (Lipinski definition) is 3. The molecular formula is C11H14FN3. The van der Waals surface area contributed by atoms with Gasteiger partial charge in [0.25, 0.3) is 0 Å². The van der Waals surface area contributed by atoms with Crippen molar-refractivity contribution in [3.8, 4) is 0 Å². The molecule has 1 unspecified atom stereocenters. The highest BCUT2D eigenvalue weighted by Gasteiger charge is 2.10. The van der Waals surface area contributed by atoms with Crippen molar-refractivity contribution in [2.75, 3.05) is 13.1 Å². The minimum atomic E-state index is -0.206. The lowest BCUT2D eigenvalue weighted by atomic mass is 10.1. The van der Waals surface area contributed by atoms with Gasteiger partial charge in [0.05, 0.1) is 12.6 Å². The van der Waals surface area contributed by atoms with Crippen LogP contribution < -0.4 is 10.6 Å². The molecule has 0 amide bonds. The van der Waals surface area contributed by atoms with Crippen molar-refractivity contribution < 1.29 is 4.39 Å². The molecule has 1 aromatic rings. The molecule has 1 heterocycles.